The zero-order valence-corrected chi connectivity index (χ0v) is 6.85. The molecule has 0 aliphatic carbocycles. The van der Waals surface area contributed by atoms with Crippen LogP contribution >= 0.6 is 0 Å². The van der Waals surface area contributed by atoms with Crippen molar-refractivity contribution in [3.63, 3.8) is 0 Å². The summed E-state index contributed by atoms with van der Waals surface area (Å²) in [5.74, 6) is 2.57. The highest BCUT2D eigenvalue weighted by Crippen LogP contribution is 1.89. The average Bonchev–Trinajstić information content (AvgIpc) is 1.90. The van der Waals surface area contributed by atoms with Gasteiger partial charge in [-0.05, 0) is 20.9 Å². The van der Waals surface area contributed by atoms with Crippen molar-refractivity contribution in [3.05, 3.63) is 0 Å². The smallest absolute Gasteiger partial charge is 0.0921 e. The lowest BCUT2D eigenvalue weighted by Gasteiger charge is -2.11. The van der Waals surface area contributed by atoms with Crippen molar-refractivity contribution in [1.29, 1.82) is 0 Å². The van der Waals surface area contributed by atoms with Gasteiger partial charge in [0.1, 0.15) is 0 Å². The number of likely N-dealkylation sites (N-methyl/N-ethyl adjacent to an activating group) is 1. The summed E-state index contributed by atoms with van der Waals surface area (Å²) in [6, 6.07) is 0.0439. The summed E-state index contributed by atoms with van der Waals surface area (Å²) in [6.07, 6.45) is 5.43. The van der Waals surface area contributed by atoms with Crippen LogP contribution in [0.15, 0.2) is 0 Å². The van der Waals surface area contributed by atoms with Crippen molar-refractivity contribution >= 4 is 0 Å². The molecule has 0 aromatic heterocycles. The van der Waals surface area contributed by atoms with E-state index in [1.54, 1.807) is 0 Å². The van der Waals surface area contributed by atoms with Crippen molar-refractivity contribution in [3.8, 4) is 12.3 Å². The van der Waals surface area contributed by atoms with Crippen LogP contribution < -0.4 is 5.32 Å². The van der Waals surface area contributed by atoms with Gasteiger partial charge < -0.3 is 10.1 Å². The predicted octanol–water partition coefficient (Wildman–Crippen LogP) is 0.633. The van der Waals surface area contributed by atoms with Gasteiger partial charge in [0.15, 0.2) is 0 Å². The van der Waals surface area contributed by atoms with Gasteiger partial charge in [0.05, 0.1) is 18.8 Å². The van der Waals surface area contributed by atoms with E-state index in [-0.39, 0.29) is 12.1 Å². The zero-order chi connectivity index (χ0) is 7.98. The van der Waals surface area contributed by atoms with Crippen molar-refractivity contribution in [2.45, 2.75) is 26.0 Å². The van der Waals surface area contributed by atoms with Crippen LogP contribution in [0.25, 0.3) is 0 Å². The molecule has 0 fully saturated rings. The van der Waals surface area contributed by atoms with Crippen LogP contribution in [0.2, 0.25) is 0 Å². The number of ether oxygens (including phenoxy) is 1. The van der Waals surface area contributed by atoms with E-state index in [9.17, 15) is 0 Å². The Morgan fingerprint density at radius 1 is 1.60 bits per heavy atom. The molecule has 1 unspecified atom stereocenters. The van der Waals surface area contributed by atoms with E-state index in [1.165, 1.54) is 0 Å². The van der Waals surface area contributed by atoms with Crippen LogP contribution in [0.1, 0.15) is 13.8 Å². The second-order valence-electron chi connectivity index (χ2n) is 2.39. The second-order valence-corrected chi connectivity index (χ2v) is 2.39. The second kappa shape index (κ2) is 5.28. The molecule has 0 rings (SSSR count). The van der Waals surface area contributed by atoms with E-state index in [4.69, 9.17) is 11.2 Å². The van der Waals surface area contributed by atoms with Crippen LogP contribution in [0.4, 0.5) is 0 Å². The van der Waals surface area contributed by atoms with E-state index in [0.29, 0.717) is 6.61 Å². The fourth-order valence-corrected chi connectivity index (χ4v) is 0.503. The van der Waals surface area contributed by atoms with Crippen molar-refractivity contribution < 1.29 is 4.74 Å². The van der Waals surface area contributed by atoms with Crippen molar-refractivity contribution in [1.82, 2.24) is 5.32 Å². The average molecular weight is 141 g/mol. The van der Waals surface area contributed by atoms with Crippen LogP contribution in [0.3, 0.4) is 0 Å². The molecular formula is C8H15NO. The summed E-state index contributed by atoms with van der Waals surface area (Å²) < 4.78 is 5.28. The monoisotopic (exact) mass is 141 g/mol. The minimum atomic E-state index is 0.0439. The first kappa shape index (κ1) is 9.48. The van der Waals surface area contributed by atoms with E-state index in [2.05, 4.69) is 11.2 Å². The molecular weight excluding hydrogens is 126 g/mol. The third-order valence-electron chi connectivity index (χ3n) is 1.15. The molecule has 1 atom stereocenters. The Kier molecular flexibility index (Phi) is 5.00. The normalized spacial score (nSPS) is 13.1. The lowest BCUT2D eigenvalue weighted by molar-refractivity contribution is 0.0721. The third kappa shape index (κ3) is 4.37. The molecule has 10 heavy (non-hydrogen) atoms. The standard InChI is InChI=1S/C8H15NO/c1-5-8(9-4)6-10-7(2)3/h1,7-9H,6H2,2-4H3. The van der Waals surface area contributed by atoms with Crippen LogP contribution in [0.5, 0.6) is 0 Å². The number of nitrogens with one attached hydrogen (secondary N) is 1. The van der Waals surface area contributed by atoms with Gasteiger partial charge in [0, 0.05) is 0 Å². The first-order valence-electron chi connectivity index (χ1n) is 3.45. The highest BCUT2D eigenvalue weighted by molar-refractivity contribution is 4.97. The van der Waals surface area contributed by atoms with Crippen molar-refractivity contribution in [2.24, 2.45) is 0 Å². The molecule has 1 N–H and O–H groups in total. The van der Waals surface area contributed by atoms with Crippen LogP contribution in [-0.2, 0) is 4.74 Å². The Labute approximate surface area is 63.0 Å². The SMILES string of the molecule is C#CC(COC(C)C)NC. The van der Waals surface area contributed by atoms with Gasteiger partial charge in [-0.15, -0.1) is 6.42 Å². The molecule has 0 aromatic carbocycles. The summed E-state index contributed by atoms with van der Waals surface area (Å²) in [6.45, 7) is 4.57. The van der Waals surface area contributed by atoms with E-state index in [1.807, 2.05) is 20.9 Å². The Morgan fingerprint density at radius 2 is 2.20 bits per heavy atom. The van der Waals surface area contributed by atoms with Gasteiger partial charge in [-0.25, -0.2) is 0 Å². The lowest BCUT2D eigenvalue weighted by Crippen LogP contribution is -2.29. The van der Waals surface area contributed by atoms with Gasteiger partial charge in [-0.2, -0.15) is 0 Å². The molecule has 0 spiro atoms. The molecule has 0 radical (unpaired) electrons. The molecule has 58 valence electrons. The number of hydrogen-bond donors (Lipinski definition) is 1. The van der Waals surface area contributed by atoms with Crippen molar-refractivity contribution in [2.75, 3.05) is 13.7 Å². The molecule has 2 heteroatoms. The maximum absolute atomic E-state index is 5.28. The minimum absolute atomic E-state index is 0.0439. The molecule has 0 saturated heterocycles. The summed E-state index contributed by atoms with van der Waals surface area (Å²) in [5.41, 5.74) is 0. The Hall–Kier alpha value is -0.520. The van der Waals surface area contributed by atoms with E-state index < -0.39 is 0 Å². The topological polar surface area (TPSA) is 21.3 Å². The largest absolute Gasteiger partial charge is 0.376 e. The van der Waals surface area contributed by atoms with E-state index in [0.717, 1.165) is 0 Å². The molecule has 0 amide bonds. The fourth-order valence-electron chi connectivity index (χ4n) is 0.503. The lowest BCUT2D eigenvalue weighted by atomic mass is 10.3. The summed E-state index contributed by atoms with van der Waals surface area (Å²) in [5, 5.41) is 2.95. The Morgan fingerprint density at radius 3 is 2.50 bits per heavy atom. The zero-order valence-electron chi connectivity index (χ0n) is 6.85. The Balaban J connectivity index is 3.38. The highest BCUT2D eigenvalue weighted by Gasteiger charge is 2.01. The molecule has 0 aliphatic rings. The number of rotatable bonds is 4. The van der Waals surface area contributed by atoms with Gasteiger partial charge in [0.2, 0.25) is 0 Å². The molecule has 0 heterocycles. The molecule has 0 saturated carbocycles. The quantitative estimate of drug-likeness (QED) is 0.580. The van der Waals surface area contributed by atoms with Gasteiger partial charge in [0.25, 0.3) is 0 Å². The maximum Gasteiger partial charge on any atom is 0.0921 e. The first-order valence-corrected chi connectivity index (χ1v) is 3.45. The summed E-state index contributed by atoms with van der Waals surface area (Å²) in [7, 11) is 1.83. The van der Waals surface area contributed by atoms with Gasteiger partial charge >= 0.3 is 0 Å². The predicted molar refractivity (Wildman–Crippen MR) is 42.8 cm³/mol. The van der Waals surface area contributed by atoms with Crippen LogP contribution in [-0.4, -0.2) is 25.8 Å². The van der Waals surface area contributed by atoms with Gasteiger partial charge in [-0.1, -0.05) is 5.92 Å². The molecule has 0 bridgehead atoms. The number of terminal acetylenes is 1. The highest BCUT2D eigenvalue weighted by atomic mass is 16.5. The Bertz CT molecular complexity index is 115. The summed E-state index contributed by atoms with van der Waals surface area (Å²) >= 11 is 0. The summed E-state index contributed by atoms with van der Waals surface area (Å²) in [4.78, 5) is 0. The molecule has 0 aliphatic heterocycles. The van der Waals surface area contributed by atoms with E-state index >= 15 is 0 Å². The minimum Gasteiger partial charge on any atom is -0.376 e. The molecule has 2 nitrogen and oxygen atoms in total. The molecule has 0 aromatic rings. The number of hydrogen-bond acceptors (Lipinski definition) is 2. The van der Waals surface area contributed by atoms with Crippen LogP contribution in [0, 0.1) is 12.3 Å². The fraction of sp³-hybridized carbons (Fsp3) is 0.750. The van der Waals surface area contributed by atoms with Gasteiger partial charge in [-0.3, -0.25) is 0 Å². The third-order valence-corrected chi connectivity index (χ3v) is 1.15. The first-order chi connectivity index (χ1) is 4.70. The maximum atomic E-state index is 5.28.